The maximum Gasteiger partial charge on any atom is 0.243 e. The van der Waals surface area contributed by atoms with Gasteiger partial charge in [-0.3, -0.25) is 4.79 Å². The lowest BCUT2D eigenvalue weighted by Crippen LogP contribution is -2.39. The zero-order chi connectivity index (χ0) is 15.7. The zero-order valence-electron chi connectivity index (χ0n) is 12.5. The summed E-state index contributed by atoms with van der Waals surface area (Å²) in [5.74, 6) is 0.855. The van der Waals surface area contributed by atoms with Gasteiger partial charge in [0.2, 0.25) is 15.9 Å². The van der Waals surface area contributed by atoms with Gasteiger partial charge in [0.25, 0.3) is 0 Å². The molecule has 22 heavy (non-hydrogen) atoms. The average molecular weight is 324 g/mol. The van der Waals surface area contributed by atoms with Gasteiger partial charge in [-0.2, -0.15) is 4.31 Å². The minimum absolute atomic E-state index is 0.0243. The number of hydrogen-bond acceptors (Lipinski definition) is 4. The van der Waals surface area contributed by atoms with Gasteiger partial charge in [-0.1, -0.05) is 0 Å². The minimum atomic E-state index is -3.52. The van der Waals surface area contributed by atoms with E-state index in [-0.39, 0.29) is 22.8 Å². The van der Waals surface area contributed by atoms with Crippen molar-refractivity contribution < 1.29 is 17.9 Å². The number of hydrogen-bond donors (Lipinski definition) is 1. The number of sulfonamides is 1. The highest BCUT2D eigenvalue weighted by molar-refractivity contribution is 7.89. The van der Waals surface area contributed by atoms with Gasteiger partial charge >= 0.3 is 0 Å². The third-order valence-corrected chi connectivity index (χ3v) is 6.28. The first-order valence-electron chi connectivity index (χ1n) is 7.44. The molecule has 0 aliphatic carbocycles. The number of fused-ring (bicyclic) bond motifs is 1. The number of carbonyl (C=O) groups excluding carboxylic acids is 1. The van der Waals surface area contributed by atoms with Gasteiger partial charge in [0.1, 0.15) is 5.75 Å². The molecule has 1 N–H and O–H groups in total. The summed E-state index contributed by atoms with van der Waals surface area (Å²) < 4.78 is 32.0. The largest absolute Gasteiger partial charge is 0.497 e. The SMILES string of the molecule is COc1ccc(S(=O)(=O)N2CC3CCCC(=O)NC3C2)cc1. The zero-order valence-corrected chi connectivity index (χ0v) is 13.3. The number of carbonyl (C=O) groups is 1. The van der Waals surface area contributed by atoms with E-state index in [0.717, 1.165) is 12.8 Å². The van der Waals surface area contributed by atoms with Crippen molar-refractivity contribution in [2.24, 2.45) is 5.92 Å². The third-order valence-electron chi connectivity index (χ3n) is 4.43. The summed E-state index contributed by atoms with van der Waals surface area (Å²) in [7, 11) is -1.98. The van der Waals surface area contributed by atoms with Crippen LogP contribution in [0.25, 0.3) is 0 Å². The molecule has 120 valence electrons. The van der Waals surface area contributed by atoms with Crippen LogP contribution < -0.4 is 10.1 Å². The van der Waals surface area contributed by atoms with Crippen molar-refractivity contribution in [2.75, 3.05) is 20.2 Å². The maximum absolute atomic E-state index is 12.7. The first-order chi connectivity index (χ1) is 10.5. The van der Waals surface area contributed by atoms with Crippen molar-refractivity contribution >= 4 is 15.9 Å². The van der Waals surface area contributed by atoms with Crippen molar-refractivity contribution in [1.82, 2.24) is 9.62 Å². The van der Waals surface area contributed by atoms with Crippen LogP contribution in [0.3, 0.4) is 0 Å². The lowest BCUT2D eigenvalue weighted by molar-refractivity contribution is -0.121. The maximum atomic E-state index is 12.7. The van der Waals surface area contributed by atoms with Gasteiger partial charge in [-0.05, 0) is 43.0 Å². The van der Waals surface area contributed by atoms with Crippen LogP contribution in [0.5, 0.6) is 5.75 Å². The fourth-order valence-corrected chi connectivity index (χ4v) is 4.71. The van der Waals surface area contributed by atoms with Crippen LogP contribution in [0.15, 0.2) is 29.2 Å². The van der Waals surface area contributed by atoms with Crippen LogP contribution >= 0.6 is 0 Å². The summed E-state index contributed by atoms with van der Waals surface area (Å²) in [5.41, 5.74) is 0. The minimum Gasteiger partial charge on any atom is -0.497 e. The van der Waals surface area contributed by atoms with Gasteiger partial charge in [-0.25, -0.2) is 8.42 Å². The Morgan fingerprint density at radius 2 is 1.95 bits per heavy atom. The Labute approximate surface area is 130 Å². The van der Waals surface area contributed by atoms with E-state index < -0.39 is 10.0 Å². The predicted octanol–water partition coefficient (Wildman–Crippen LogP) is 0.984. The average Bonchev–Trinajstić information content (AvgIpc) is 2.83. The molecule has 2 aliphatic rings. The molecule has 0 saturated carbocycles. The van der Waals surface area contributed by atoms with E-state index in [0.29, 0.717) is 25.3 Å². The van der Waals surface area contributed by atoms with E-state index in [4.69, 9.17) is 4.74 Å². The highest BCUT2D eigenvalue weighted by Crippen LogP contribution is 2.30. The molecule has 2 unspecified atom stereocenters. The molecule has 1 amide bonds. The van der Waals surface area contributed by atoms with E-state index in [1.807, 2.05) is 0 Å². The van der Waals surface area contributed by atoms with Crippen LogP contribution in [-0.2, 0) is 14.8 Å². The fourth-order valence-electron chi connectivity index (χ4n) is 3.18. The highest BCUT2D eigenvalue weighted by Gasteiger charge is 2.40. The molecule has 2 heterocycles. The van der Waals surface area contributed by atoms with E-state index >= 15 is 0 Å². The molecule has 0 radical (unpaired) electrons. The monoisotopic (exact) mass is 324 g/mol. The molecular formula is C15H20N2O4S. The second-order valence-corrected chi connectivity index (χ2v) is 7.76. The molecule has 3 rings (SSSR count). The summed E-state index contributed by atoms with van der Waals surface area (Å²) in [4.78, 5) is 11.9. The van der Waals surface area contributed by atoms with Crippen molar-refractivity contribution in [3.8, 4) is 5.75 Å². The number of nitrogens with one attached hydrogen (secondary N) is 1. The van der Waals surface area contributed by atoms with Gasteiger partial charge in [0.15, 0.2) is 0 Å². The van der Waals surface area contributed by atoms with E-state index in [9.17, 15) is 13.2 Å². The van der Waals surface area contributed by atoms with E-state index in [1.54, 1.807) is 31.4 Å². The summed E-state index contributed by atoms with van der Waals surface area (Å²) in [5, 5.41) is 2.95. The lowest BCUT2D eigenvalue weighted by atomic mass is 9.99. The van der Waals surface area contributed by atoms with E-state index in [1.165, 1.54) is 4.31 Å². The molecule has 0 aromatic heterocycles. The van der Waals surface area contributed by atoms with Gasteiger partial charge in [0.05, 0.1) is 12.0 Å². The van der Waals surface area contributed by atoms with Crippen molar-refractivity contribution in [3.63, 3.8) is 0 Å². The van der Waals surface area contributed by atoms with Crippen LogP contribution in [0, 0.1) is 5.92 Å². The van der Waals surface area contributed by atoms with Crippen molar-refractivity contribution in [1.29, 1.82) is 0 Å². The molecule has 2 aliphatic heterocycles. The van der Waals surface area contributed by atoms with Gasteiger partial charge < -0.3 is 10.1 Å². The highest BCUT2D eigenvalue weighted by atomic mass is 32.2. The fraction of sp³-hybridized carbons (Fsp3) is 0.533. The van der Waals surface area contributed by atoms with Crippen molar-refractivity contribution in [2.45, 2.75) is 30.2 Å². The standard InChI is InChI=1S/C15H20N2O4S/c1-21-12-5-7-13(8-6-12)22(19,20)17-9-11-3-2-4-15(18)16-14(11)10-17/h5-8,11,14H,2-4,9-10H2,1H3,(H,16,18). The Morgan fingerprint density at radius 1 is 1.23 bits per heavy atom. The summed E-state index contributed by atoms with van der Waals surface area (Å²) in [6.45, 7) is 0.823. The molecule has 2 atom stereocenters. The van der Waals surface area contributed by atoms with Crippen LogP contribution in [0.4, 0.5) is 0 Å². The Kier molecular flexibility index (Phi) is 4.10. The molecule has 7 heteroatoms. The lowest BCUT2D eigenvalue weighted by Gasteiger charge is -2.17. The second-order valence-electron chi connectivity index (χ2n) is 5.82. The molecule has 0 spiro atoms. The third kappa shape index (κ3) is 2.83. The smallest absolute Gasteiger partial charge is 0.243 e. The molecule has 6 nitrogen and oxygen atoms in total. The van der Waals surface area contributed by atoms with E-state index in [2.05, 4.69) is 5.32 Å². The normalized spacial score (nSPS) is 26.1. The Bertz CT molecular complexity index is 657. The van der Waals surface area contributed by atoms with Gasteiger partial charge in [0, 0.05) is 25.6 Å². The summed E-state index contributed by atoms with van der Waals surface area (Å²) in [6.07, 6.45) is 2.25. The molecule has 2 fully saturated rings. The van der Waals surface area contributed by atoms with Crippen LogP contribution in [0.1, 0.15) is 19.3 Å². The number of methoxy groups -OCH3 is 1. The first-order valence-corrected chi connectivity index (χ1v) is 8.88. The first kappa shape index (κ1) is 15.3. The quantitative estimate of drug-likeness (QED) is 0.899. The molecular weight excluding hydrogens is 304 g/mol. The topological polar surface area (TPSA) is 75.7 Å². The number of amides is 1. The van der Waals surface area contributed by atoms with Crippen molar-refractivity contribution in [3.05, 3.63) is 24.3 Å². The van der Waals surface area contributed by atoms with Crippen LogP contribution in [-0.4, -0.2) is 44.9 Å². The number of benzene rings is 1. The predicted molar refractivity (Wildman–Crippen MR) is 81.0 cm³/mol. The molecule has 1 aromatic rings. The summed E-state index contributed by atoms with van der Waals surface area (Å²) >= 11 is 0. The molecule has 1 aromatic carbocycles. The Hall–Kier alpha value is -1.60. The number of ether oxygens (including phenoxy) is 1. The second kappa shape index (κ2) is 5.89. The molecule has 2 saturated heterocycles. The number of nitrogens with zero attached hydrogens (tertiary/aromatic N) is 1. The molecule has 0 bridgehead atoms. The van der Waals surface area contributed by atoms with Crippen LogP contribution in [0.2, 0.25) is 0 Å². The Balaban J connectivity index is 1.80. The van der Waals surface area contributed by atoms with Gasteiger partial charge in [-0.15, -0.1) is 0 Å². The summed E-state index contributed by atoms with van der Waals surface area (Å²) in [6, 6.07) is 6.33. The number of rotatable bonds is 3. The Morgan fingerprint density at radius 3 is 2.64 bits per heavy atom.